The summed E-state index contributed by atoms with van der Waals surface area (Å²) in [5.74, 6) is 0. The Labute approximate surface area is 80.1 Å². The smallest absolute Gasteiger partial charge is 0.274 e. The first-order chi connectivity index (χ1) is 6.11. The van der Waals surface area contributed by atoms with Crippen LogP contribution in [0, 0.1) is 0 Å². The number of aryl methyl sites for hydroxylation is 1. The van der Waals surface area contributed by atoms with Crippen molar-refractivity contribution in [2.45, 2.75) is 0 Å². The third kappa shape index (κ3) is 1.08. The zero-order valence-electron chi connectivity index (χ0n) is 7.41. The van der Waals surface area contributed by atoms with Gasteiger partial charge in [-0.3, -0.25) is 14.2 Å². The van der Waals surface area contributed by atoms with Crippen molar-refractivity contribution in [1.82, 2.24) is 9.36 Å². The summed E-state index contributed by atoms with van der Waals surface area (Å²) < 4.78 is 3.34. The van der Waals surface area contributed by atoms with Crippen LogP contribution >= 0.6 is 11.6 Å². The second kappa shape index (κ2) is 2.64. The van der Waals surface area contributed by atoms with Gasteiger partial charge in [0.2, 0.25) is 0 Å². The number of halogens is 1. The first-order valence-corrected chi connectivity index (χ1v) is 4.30. The maximum Gasteiger partial charge on any atom is 0.274 e. The molecule has 68 valence electrons. The summed E-state index contributed by atoms with van der Waals surface area (Å²) in [7, 11) is 3.57. The molecule has 1 heterocycles. The fourth-order valence-electron chi connectivity index (χ4n) is 1.43. The van der Waals surface area contributed by atoms with E-state index in [-0.39, 0.29) is 5.56 Å². The van der Waals surface area contributed by atoms with Crippen molar-refractivity contribution in [2.75, 3.05) is 0 Å². The molecule has 0 bridgehead atoms. The lowest BCUT2D eigenvalue weighted by Crippen LogP contribution is -2.16. The molecule has 1 aromatic heterocycles. The highest BCUT2D eigenvalue weighted by molar-refractivity contribution is 6.31. The van der Waals surface area contributed by atoms with Gasteiger partial charge >= 0.3 is 0 Å². The van der Waals surface area contributed by atoms with E-state index < -0.39 is 0 Å². The highest BCUT2D eigenvalue weighted by Gasteiger charge is 2.06. The number of hydrogen-bond acceptors (Lipinski definition) is 1. The van der Waals surface area contributed by atoms with Crippen LogP contribution in [0.2, 0.25) is 5.02 Å². The molecule has 0 radical (unpaired) electrons. The van der Waals surface area contributed by atoms with Gasteiger partial charge in [-0.05, 0) is 18.2 Å². The van der Waals surface area contributed by atoms with E-state index in [9.17, 15) is 4.79 Å². The molecule has 2 rings (SSSR count). The Balaban J connectivity index is 3.04. The Morgan fingerprint density at radius 2 is 1.92 bits per heavy atom. The molecule has 0 aliphatic rings. The first kappa shape index (κ1) is 8.38. The van der Waals surface area contributed by atoms with Gasteiger partial charge in [0, 0.05) is 19.1 Å². The molecule has 0 aliphatic carbocycles. The summed E-state index contributed by atoms with van der Waals surface area (Å²) in [5, 5.41) is 1.35. The topological polar surface area (TPSA) is 26.9 Å². The Kier molecular flexibility index (Phi) is 1.70. The third-order valence-electron chi connectivity index (χ3n) is 2.28. The van der Waals surface area contributed by atoms with E-state index in [4.69, 9.17) is 11.6 Å². The average molecular weight is 197 g/mol. The van der Waals surface area contributed by atoms with Crippen molar-refractivity contribution in [2.24, 2.45) is 14.1 Å². The Hall–Kier alpha value is -1.22. The molecule has 0 saturated heterocycles. The quantitative estimate of drug-likeness (QED) is 0.628. The summed E-state index contributed by atoms with van der Waals surface area (Å²) in [5.41, 5.74) is 0.870. The maximum atomic E-state index is 11.6. The molecule has 1 aromatic carbocycles. The van der Waals surface area contributed by atoms with Gasteiger partial charge in [-0.15, -0.1) is 0 Å². The molecule has 13 heavy (non-hydrogen) atoms. The zero-order valence-corrected chi connectivity index (χ0v) is 8.17. The minimum atomic E-state index is 0.00849. The SMILES string of the molecule is Cn1c(=O)c2ccc(Cl)cc2n1C. The standard InChI is InChI=1S/C9H9ClN2O/c1-11-8-5-6(10)3-4-7(8)9(13)12(11)2/h3-5H,1-2H3. The van der Waals surface area contributed by atoms with Gasteiger partial charge in [-0.25, -0.2) is 0 Å². The van der Waals surface area contributed by atoms with E-state index in [1.165, 1.54) is 0 Å². The summed E-state index contributed by atoms with van der Waals surface area (Å²) in [6.45, 7) is 0. The molecule has 0 atom stereocenters. The second-order valence-electron chi connectivity index (χ2n) is 3.01. The highest BCUT2D eigenvalue weighted by atomic mass is 35.5. The average Bonchev–Trinajstić information content (AvgIpc) is 2.32. The van der Waals surface area contributed by atoms with E-state index in [1.54, 1.807) is 34.6 Å². The summed E-state index contributed by atoms with van der Waals surface area (Å²) in [4.78, 5) is 11.6. The van der Waals surface area contributed by atoms with E-state index in [2.05, 4.69) is 0 Å². The monoisotopic (exact) mass is 196 g/mol. The van der Waals surface area contributed by atoms with Crippen LogP contribution in [0.1, 0.15) is 0 Å². The van der Waals surface area contributed by atoms with Crippen molar-refractivity contribution in [3.8, 4) is 0 Å². The van der Waals surface area contributed by atoms with Crippen LogP contribution in [0.15, 0.2) is 23.0 Å². The Morgan fingerprint density at radius 1 is 1.23 bits per heavy atom. The normalized spacial score (nSPS) is 11.0. The van der Waals surface area contributed by atoms with Crippen molar-refractivity contribution in [3.05, 3.63) is 33.6 Å². The molecule has 4 heteroatoms. The van der Waals surface area contributed by atoms with Crippen molar-refractivity contribution >= 4 is 22.5 Å². The fraction of sp³-hybridized carbons (Fsp3) is 0.222. The highest BCUT2D eigenvalue weighted by Crippen LogP contribution is 2.15. The lowest BCUT2D eigenvalue weighted by atomic mass is 10.2. The Morgan fingerprint density at radius 3 is 2.62 bits per heavy atom. The maximum absolute atomic E-state index is 11.6. The van der Waals surface area contributed by atoms with Gasteiger partial charge in [0.05, 0.1) is 10.9 Å². The minimum Gasteiger partial charge on any atom is -0.285 e. The number of aromatic nitrogens is 2. The van der Waals surface area contributed by atoms with E-state index in [0.717, 1.165) is 5.52 Å². The fourth-order valence-corrected chi connectivity index (χ4v) is 1.59. The van der Waals surface area contributed by atoms with Crippen LogP contribution in [-0.4, -0.2) is 9.36 Å². The minimum absolute atomic E-state index is 0.00849. The number of nitrogens with zero attached hydrogens (tertiary/aromatic N) is 2. The number of benzene rings is 1. The lowest BCUT2D eigenvalue weighted by molar-refractivity contribution is 0.595. The van der Waals surface area contributed by atoms with E-state index in [0.29, 0.717) is 10.4 Å². The van der Waals surface area contributed by atoms with Crippen molar-refractivity contribution in [1.29, 1.82) is 0 Å². The lowest BCUT2D eigenvalue weighted by Gasteiger charge is -1.99. The predicted octanol–water partition coefficient (Wildman–Crippen LogP) is 1.53. The number of hydrogen-bond donors (Lipinski definition) is 0. The van der Waals surface area contributed by atoms with Crippen LogP contribution in [0.4, 0.5) is 0 Å². The second-order valence-corrected chi connectivity index (χ2v) is 3.45. The van der Waals surface area contributed by atoms with Crippen molar-refractivity contribution < 1.29 is 0 Å². The molecule has 0 fully saturated rings. The largest absolute Gasteiger partial charge is 0.285 e. The molecule has 2 aromatic rings. The van der Waals surface area contributed by atoms with Crippen LogP contribution in [-0.2, 0) is 14.1 Å². The van der Waals surface area contributed by atoms with Crippen LogP contribution in [0.5, 0.6) is 0 Å². The van der Waals surface area contributed by atoms with Gasteiger partial charge < -0.3 is 0 Å². The van der Waals surface area contributed by atoms with Gasteiger partial charge in [-0.1, -0.05) is 11.6 Å². The molecule has 0 aliphatic heterocycles. The number of rotatable bonds is 0. The number of fused-ring (bicyclic) bond motifs is 1. The van der Waals surface area contributed by atoms with Gasteiger partial charge in [0.25, 0.3) is 5.56 Å². The molecule has 0 N–H and O–H groups in total. The summed E-state index contributed by atoms with van der Waals surface area (Å²) in [6.07, 6.45) is 0. The van der Waals surface area contributed by atoms with Crippen LogP contribution < -0.4 is 5.56 Å². The molecule has 0 saturated carbocycles. The molecule has 3 nitrogen and oxygen atoms in total. The van der Waals surface area contributed by atoms with Gasteiger partial charge in [0.1, 0.15) is 0 Å². The molecule has 0 spiro atoms. The van der Waals surface area contributed by atoms with Gasteiger partial charge in [-0.2, -0.15) is 0 Å². The van der Waals surface area contributed by atoms with Crippen molar-refractivity contribution in [3.63, 3.8) is 0 Å². The zero-order chi connectivity index (χ0) is 9.59. The van der Waals surface area contributed by atoms with E-state index in [1.807, 2.05) is 7.05 Å². The molecule has 0 unspecified atom stereocenters. The van der Waals surface area contributed by atoms with Crippen LogP contribution in [0.25, 0.3) is 10.9 Å². The molecule has 0 amide bonds. The summed E-state index contributed by atoms with van der Waals surface area (Å²) >= 11 is 5.83. The molecular weight excluding hydrogens is 188 g/mol. The van der Waals surface area contributed by atoms with E-state index >= 15 is 0 Å². The summed E-state index contributed by atoms with van der Waals surface area (Å²) in [6, 6.07) is 5.27. The third-order valence-corrected chi connectivity index (χ3v) is 2.52. The predicted molar refractivity (Wildman–Crippen MR) is 53.2 cm³/mol. The first-order valence-electron chi connectivity index (χ1n) is 3.92. The Bertz CT molecular complexity index is 524. The molecular formula is C9H9ClN2O. The van der Waals surface area contributed by atoms with Crippen LogP contribution in [0.3, 0.4) is 0 Å². The van der Waals surface area contributed by atoms with Gasteiger partial charge in [0.15, 0.2) is 0 Å².